The van der Waals surface area contributed by atoms with E-state index in [1.165, 1.54) is 37.4 Å². The molecule has 0 radical (unpaired) electrons. The first-order chi connectivity index (χ1) is 24.8. The summed E-state index contributed by atoms with van der Waals surface area (Å²) >= 11 is 0. The molecule has 0 bridgehead atoms. The van der Waals surface area contributed by atoms with Gasteiger partial charge in [-0.25, -0.2) is 15.0 Å². The minimum atomic E-state index is -3.01. The molecule has 9 rings (SSSR count). The van der Waals surface area contributed by atoms with E-state index in [2.05, 4.69) is 180 Å². The summed E-state index contributed by atoms with van der Waals surface area (Å²) < 4.78 is 2.33. The van der Waals surface area contributed by atoms with Crippen LogP contribution in [0.15, 0.2) is 194 Å². The Kier molecular flexibility index (Phi) is 7.45. The Morgan fingerprint density at radius 1 is 0.340 bits per heavy atom. The number of hydrogen-bond acceptors (Lipinski definition) is 3. The van der Waals surface area contributed by atoms with Gasteiger partial charge < -0.3 is 4.57 Å². The summed E-state index contributed by atoms with van der Waals surface area (Å²) in [5.74, 6) is 1.32. The quantitative estimate of drug-likeness (QED) is 0.131. The zero-order chi connectivity index (χ0) is 33.3. The molecule has 0 unspecified atom stereocenters. The van der Waals surface area contributed by atoms with Gasteiger partial charge in [0.05, 0.1) is 11.0 Å². The summed E-state index contributed by atoms with van der Waals surface area (Å²) in [5, 5.41) is 6.14. The average molecular weight is 657 g/mol. The lowest BCUT2D eigenvalue weighted by Gasteiger charge is -2.32. The van der Waals surface area contributed by atoms with Crippen molar-refractivity contribution in [1.29, 1.82) is 0 Å². The summed E-state index contributed by atoms with van der Waals surface area (Å²) in [5.41, 5.74) is 6.14. The Morgan fingerprint density at radius 2 is 0.720 bits per heavy atom. The monoisotopic (exact) mass is 656 g/mol. The molecule has 0 aliphatic rings. The first kappa shape index (κ1) is 29.7. The summed E-state index contributed by atoms with van der Waals surface area (Å²) in [6.07, 6.45) is 0. The van der Waals surface area contributed by atoms with Gasteiger partial charge >= 0.3 is 0 Å². The van der Waals surface area contributed by atoms with Gasteiger partial charge in [0, 0.05) is 27.6 Å². The predicted octanol–water partition coefficient (Wildman–Crippen LogP) is 7.68. The van der Waals surface area contributed by atoms with E-state index in [0.717, 1.165) is 22.3 Å². The van der Waals surface area contributed by atoms with E-state index in [1.54, 1.807) is 0 Å². The molecule has 0 atom stereocenters. The molecule has 0 fully saturated rings. The maximum absolute atomic E-state index is 5.46. The van der Waals surface area contributed by atoms with Crippen LogP contribution in [0.5, 0.6) is 0 Å². The van der Waals surface area contributed by atoms with Crippen LogP contribution in [0, 0.1) is 0 Å². The highest BCUT2D eigenvalue weighted by atomic mass is 28.3. The van der Waals surface area contributed by atoms with E-state index in [4.69, 9.17) is 15.0 Å². The van der Waals surface area contributed by atoms with Crippen LogP contribution in [0.4, 0.5) is 0 Å². The Hall–Kier alpha value is -6.43. The molecule has 0 N–H and O–H groups in total. The highest BCUT2D eigenvalue weighted by molar-refractivity contribution is 7.19. The summed E-state index contributed by atoms with van der Waals surface area (Å²) in [4.78, 5) is 16.0. The van der Waals surface area contributed by atoms with Gasteiger partial charge in [-0.15, -0.1) is 0 Å². The van der Waals surface area contributed by atoms with Gasteiger partial charge in [-0.2, -0.15) is 0 Å². The molecule has 0 aliphatic heterocycles. The van der Waals surface area contributed by atoms with Crippen molar-refractivity contribution in [3.8, 4) is 28.5 Å². The van der Waals surface area contributed by atoms with Crippen molar-refractivity contribution in [3.63, 3.8) is 0 Å². The van der Waals surface area contributed by atoms with Crippen molar-refractivity contribution < 1.29 is 0 Å². The van der Waals surface area contributed by atoms with Gasteiger partial charge in [-0.1, -0.05) is 158 Å². The molecule has 0 spiro atoms. The van der Waals surface area contributed by atoms with Crippen molar-refractivity contribution in [3.05, 3.63) is 194 Å². The van der Waals surface area contributed by atoms with Gasteiger partial charge in [-0.3, -0.25) is 0 Å². The molecule has 4 nitrogen and oxygen atoms in total. The van der Waals surface area contributed by atoms with Crippen LogP contribution in [-0.2, 0) is 0 Å². The molecule has 0 saturated carbocycles. The maximum atomic E-state index is 5.46. The second-order valence-corrected chi connectivity index (χ2v) is 16.1. The third-order valence-corrected chi connectivity index (χ3v) is 14.1. The van der Waals surface area contributed by atoms with Crippen molar-refractivity contribution in [2.75, 3.05) is 0 Å². The second-order valence-electron chi connectivity index (χ2n) is 12.4. The molecule has 236 valence electrons. The van der Waals surface area contributed by atoms with E-state index in [9.17, 15) is 0 Å². The van der Waals surface area contributed by atoms with Crippen molar-refractivity contribution >= 4 is 50.9 Å². The van der Waals surface area contributed by atoms with Crippen molar-refractivity contribution in [1.82, 2.24) is 19.5 Å². The molecule has 9 aromatic rings. The van der Waals surface area contributed by atoms with Crippen LogP contribution in [0.1, 0.15) is 0 Å². The highest BCUT2D eigenvalue weighted by Crippen LogP contribution is 2.32. The Labute approximate surface area is 292 Å². The summed E-state index contributed by atoms with van der Waals surface area (Å²) in [6.45, 7) is 0. The zero-order valence-corrected chi connectivity index (χ0v) is 28.3. The summed E-state index contributed by atoms with van der Waals surface area (Å²) in [7, 11) is -3.01. The Balaban J connectivity index is 1.29. The number of rotatable bonds is 7. The predicted molar refractivity (Wildman–Crippen MR) is 209 cm³/mol. The standard InChI is InChI=1S/C45H32N4Si/c1-5-17-33(18-6-1)43-46-44(34-29-31-35(32-30-34)49-41-27-15-13-25-39(41)40-26-14-16-28-42(40)49)48-45(47-43)50(36-19-7-2-8-20-36,37-21-9-3-10-22-37)38-23-11-4-12-24-38/h1-32H. The fourth-order valence-corrected chi connectivity index (χ4v) is 11.7. The van der Waals surface area contributed by atoms with Crippen LogP contribution in [0.25, 0.3) is 50.3 Å². The molecular formula is C45H32N4Si. The largest absolute Gasteiger partial charge is 0.309 e. The zero-order valence-electron chi connectivity index (χ0n) is 27.3. The number of fused-ring (bicyclic) bond motifs is 3. The Bertz CT molecular complexity index is 2420. The Morgan fingerprint density at radius 3 is 1.18 bits per heavy atom. The molecule has 5 heteroatoms. The van der Waals surface area contributed by atoms with E-state index in [1.807, 2.05) is 18.2 Å². The molecule has 0 saturated heterocycles. The van der Waals surface area contributed by atoms with Crippen LogP contribution in [0.3, 0.4) is 0 Å². The lowest BCUT2D eigenvalue weighted by molar-refractivity contribution is 1.10. The first-order valence-electron chi connectivity index (χ1n) is 16.9. The SMILES string of the molecule is c1ccc(-c2nc(-c3ccc(-n4c5ccccc5c5ccccc54)cc3)nc([Si](c3ccccc3)(c3ccccc3)c3ccccc3)n2)cc1. The van der Waals surface area contributed by atoms with Gasteiger partial charge in [-0.05, 0) is 52.0 Å². The van der Waals surface area contributed by atoms with Crippen LogP contribution in [0.2, 0.25) is 0 Å². The topological polar surface area (TPSA) is 43.6 Å². The van der Waals surface area contributed by atoms with Gasteiger partial charge in [0.15, 0.2) is 11.6 Å². The van der Waals surface area contributed by atoms with E-state index < -0.39 is 8.07 Å². The normalized spacial score (nSPS) is 11.6. The van der Waals surface area contributed by atoms with Gasteiger partial charge in [0.2, 0.25) is 8.07 Å². The van der Waals surface area contributed by atoms with E-state index >= 15 is 0 Å². The number of nitrogens with zero attached hydrogens (tertiary/aromatic N) is 4. The fraction of sp³-hybridized carbons (Fsp3) is 0. The number of aromatic nitrogens is 4. The second kappa shape index (κ2) is 12.5. The molecular weight excluding hydrogens is 625 g/mol. The minimum absolute atomic E-state index is 0.655. The molecule has 0 aliphatic carbocycles. The molecule has 2 aromatic heterocycles. The van der Waals surface area contributed by atoms with E-state index in [-0.39, 0.29) is 0 Å². The maximum Gasteiger partial charge on any atom is 0.226 e. The fourth-order valence-electron chi connectivity index (χ4n) is 7.30. The molecule has 7 aromatic carbocycles. The van der Waals surface area contributed by atoms with E-state index in [0.29, 0.717) is 11.6 Å². The first-order valence-corrected chi connectivity index (χ1v) is 18.9. The highest BCUT2D eigenvalue weighted by Gasteiger charge is 2.45. The minimum Gasteiger partial charge on any atom is -0.309 e. The molecule has 50 heavy (non-hydrogen) atoms. The van der Waals surface area contributed by atoms with Gasteiger partial charge in [0.25, 0.3) is 0 Å². The van der Waals surface area contributed by atoms with Crippen LogP contribution in [-0.4, -0.2) is 27.6 Å². The lowest BCUT2D eigenvalue weighted by atomic mass is 10.1. The van der Waals surface area contributed by atoms with Crippen LogP contribution >= 0.6 is 0 Å². The van der Waals surface area contributed by atoms with Crippen LogP contribution < -0.4 is 21.0 Å². The van der Waals surface area contributed by atoms with Crippen molar-refractivity contribution in [2.24, 2.45) is 0 Å². The molecule has 2 heterocycles. The number of para-hydroxylation sites is 2. The average Bonchev–Trinajstić information content (AvgIpc) is 3.54. The smallest absolute Gasteiger partial charge is 0.226 e. The lowest BCUT2D eigenvalue weighted by Crippen LogP contribution is -2.76. The van der Waals surface area contributed by atoms with Crippen molar-refractivity contribution in [2.45, 2.75) is 0 Å². The third kappa shape index (κ3) is 4.95. The number of hydrogen-bond donors (Lipinski definition) is 0. The number of benzene rings is 7. The summed E-state index contributed by atoms with van der Waals surface area (Å²) in [6, 6.07) is 68.4. The molecule has 0 amide bonds. The van der Waals surface area contributed by atoms with Gasteiger partial charge in [0.1, 0.15) is 5.45 Å². The third-order valence-electron chi connectivity index (χ3n) is 9.59.